The van der Waals surface area contributed by atoms with E-state index in [1.807, 2.05) is 19.9 Å². The molecule has 0 saturated carbocycles. The van der Waals surface area contributed by atoms with Gasteiger partial charge in [0, 0.05) is 23.4 Å². The van der Waals surface area contributed by atoms with Gasteiger partial charge in [0.1, 0.15) is 5.70 Å². The number of nitrogens with one attached hydrogen (secondary N) is 2. The number of aryl methyl sites for hydroxylation is 2. The van der Waals surface area contributed by atoms with Gasteiger partial charge in [0.2, 0.25) is 0 Å². The van der Waals surface area contributed by atoms with E-state index in [0.29, 0.717) is 16.8 Å². The van der Waals surface area contributed by atoms with Gasteiger partial charge in [-0.15, -0.1) is 0 Å². The number of hydrogen-bond acceptors (Lipinski definition) is 4. The maximum atomic E-state index is 12.9. The van der Waals surface area contributed by atoms with Crippen LogP contribution in [0.25, 0.3) is 6.08 Å². The van der Waals surface area contributed by atoms with Crippen molar-refractivity contribution in [2.75, 3.05) is 5.32 Å². The third-order valence-corrected chi connectivity index (χ3v) is 4.47. The van der Waals surface area contributed by atoms with Crippen molar-refractivity contribution in [1.29, 1.82) is 0 Å². The number of hydrogen-bond donors (Lipinski definition) is 2. The maximum Gasteiger partial charge on any atom is 0.272 e. The molecule has 2 amide bonds. The third kappa shape index (κ3) is 5.86. The first kappa shape index (κ1) is 21.4. The van der Waals surface area contributed by atoms with Crippen molar-refractivity contribution in [3.8, 4) is 0 Å². The van der Waals surface area contributed by atoms with Gasteiger partial charge in [-0.3, -0.25) is 19.7 Å². The Bertz CT molecular complexity index is 1170. The number of nitrogens with zero attached hydrogens (tertiary/aromatic N) is 1. The van der Waals surface area contributed by atoms with Gasteiger partial charge in [-0.1, -0.05) is 42.0 Å². The number of benzene rings is 3. The molecule has 0 heterocycles. The first-order valence-corrected chi connectivity index (χ1v) is 9.54. The van der Waals surface area contributed by atoms with E-state index in [9.17, 15) is 19.7 Å². The SMILES string of the molecule is Cc1ccc(C(=O)NC(=Cc2cccc([N+](=O)[O-])c2)C(=O)Nc2cccc(C)c2)cc1. The minimum atomic E-state index is -0.544. The summed E-state index contributed by atoms with van der Waals surface area (Å²) in [6, 6.07) is 20.0. The molecule has 156 valence electrons. The molecule has 0 fully saturated rings. The van der Waals surface area contributed by atoms with Crippen LogP contribution in [0.15, 0.2) is 78.5 Å². The van der Waals surface area contributed by atoms with Crippen molar-refractivity contribution in [3.63, 3.8) is 0 Å². The summed E-state index contributed by atoms with van der Waals surface area (Å²) in [7, 11) is 0. The van der Waals surface area contributed by atoms with Crippen molar-refractivity contribution in [2.24, 2.45) is 0 Å². The third-order valence-electron chi connectivity index (χ3n) is 4.47. The van der Waals surface area contributed by atoms with Crippen molar-refractivity contribution < 1.29 is 14.5 Å². The number of nitro groups is 1. The van der Waals surface area contributed by atoms with Crippen LogP contribution in [0.1, 0.15) is 27.0 Å². The number of amides is 2. The highest BCUT2D eigenvalue weighted by Crippen LogP contribution is 2.17. The van der Waals surface area contributed by atoms with E-state index in [1.165, 1.54) is 24.3 Å². The first-order chi connectivity index (χ1) is 14.8. The lowest BCUT2D eigenvalue weighted by atomic mass is 10.1. The van der Waals surface area contributed by atoms with Gasteiger partial charge in [0.05, 0.1) is 4.92 Å². The lowest BCUT2D eigenvalue weighted by Crippen LogP contribution is -2.30. The van der Waals surface area contributed by atoms with E-state index < -0.39 is 16.7 Å². The van der Waals surface area contributed by atoms with Crippen LogP contribution in [-0.2, 0) is 4.79 Å². The predicted molar refractivity (Wildman–Crippen MR) is 120 cm³/mol. The van der Waals surface area contributed by atoms with Crippen LogP contribution in [0.3, 0.4) is 0 Å². The highest BCUT2D eigenvalue weighted by Gasteiger charge is 2.16. The number of non-ortho nitro benzene ring substituents is 1. The van der Waals surface area contributed by atoms with Crippen molar-refractivity contribution >= 4 is 29.3 Å². The topological polar surface area (TPSA) is 101 Å². The van der Waals surface area contributed by atoms with Gasteiger partial charge < -0.3 is 10.6 Å². The molecule has 3 rings (SSSR count). The number of carbonyl (C=O) groups excluding carboxylic acids is 2. The fourth-order valence-corrected chi connectivity index (χ4v) is 2.87. The van der Waals surface area contributed by atoms with Crippen LogP contribution < -0.4 is 10.6 Å². The van der Waals surface area contributed by atoms with Crippen molar-refractivity contribution in [1.82, 2.24) is 5.32 Å². The molecular weight excluding hydrogens is 394 g/mol. The second-order valence-electron chi connectivity index (χ2n) is 7.05. The predicted octanol–water partition coefficient (Wildman–Crippen LogP) is 4.62. The molecule has 2 N–H and O–H groups in total. The molecule has 0 aliphatic carbocycles. The van der Waals surface area contributed by atoms with E-state index in [0.717, 1.165) is 11.1 Å². The molecule has 0 aliphatic heterocycles. The first-order valence-electron chi connectivity index (χ1n) is 9.54. The maximum absolute atomic E-state index is 12.9. The Kier molecular flexibility index (Phi) is 6.57. The van der Waals surface area contributed by atoms with Crippen LogP contribution >= 0.6 is 0 Å². The zero-order valence-electron chi connectivity index (χ0n) is 17.1. The second kappa shape index (κ2) is 9.49. The number of rotatable bonds is 6. The van der Waals surface area contributed by atoms with E-state index in [4.69, 9.17) is 0 Å². The van der Waals surface area contributed by atoms with Gasteiger partial charge in [0.15, 0.2) is 0 Å². The largest absolute Gasteiger partial charge is 0.321 e. The fraction of sp³-hybridized carbons (Fsp3) is 0.0833. The Morgan fingerprint density at radius 1 is 0.903 bits per heavy atom. The van der Waals surface area contributed by atoms with Gasteiger partial charge in [0.25, 0.3) is 17.5 Å². The number of nitro benzene ring substituents is 1. The Balaban J connectivity index is 1.93. The number of carbonyl (C=O) groups is 2. The molecule has 0 aliphatic rings. The Labute approximate surface area is 179 Å². The van der Waals surface area contributed by atoms with E-state index in [2.05, 4.69) is 10.6 Å². The van der Waals surface area contributed by atoms with Gasteiger partial charge in [-0.2, -0.15) is 0 Å². The molecule has 31 heavy (non-hydrogen) atoms. The zero-order chi connectivity index (χ0) is 22.4. The fourth-order valence-electron chi connectivity index (χ4n) is 2.87. The minimum absolute atomic E-state index is 0.0346. The molecule has 0 radical (unpaired) electrons. The summed E-state index contributed by atoms with van der Waals surface area (Å²) in [5.41, 5.74) is 3.18. The number of anilines is 1. The van der Waals surface area contributed by atoms with Crippen LogP contribution in [0.4, 0.5) is 11.4 Å². The van der Waals surface area contributed by atoms with E-state index >= 15 is 0 Å². The molecule has 0 atom stereocenters. The lowest BCUT2D eigenvalue weighted by molar-refractivity contribution is -0.384. The van der Waals surface area contributed by atoms with E-state index in [1.54, 1.807) is 48.5 Å². The van der Waals surface area contributed by atoms with Gasteiger partial charge in [-0.25, -0.2) is 0 Å². The summed E-state index contributed by atoms with van der Waals surface area (Å²) in [6.07, 6.45) is 1.41. The van der Waals surface area contributed by atoms with E-state index in [-0.39, 0.29) is 11.4 Å². The molecule has 7 nitrogen and oxygen atoms in total. The van der Waals surface area contributed by atoms with Crippen LogP contribution in [0.5, 0.6) is 0 Å². The summed E-state index contributed by atoms with van der Waals surface area (Å²) in [5.74, 6) is -1.01. The molecule has 0 saturated heterocycles. The van der Waals surface area contributed by atoms with Crippen LogP contribution in [0.2, 0.25) is 0 Å². The summed E-state index contributed by atoms with van der Waals surface area (Å²) in [5, 5.41) is 16.4. The molecule has 0 bridgehead atoms. The lowest BCUT2D eigenvalue weighted by Gasteiger charge is -2.12. The molecule has 3 aromatic rings. The molecule has 3 aromatic carbocycles. The van der Waals surface area contributed by atoms with Crippen LogP contribution in [0, 0.1) is 24.0 Å². The quantitative estimate of drug-likeness (QED) is 0.348. The Morgan fingerprint density at radius 3 is 2.29 bits per heavy atom. The zero-order valence-corrected chi connectivity index (χ0v) is 17.1. The van der Waals surface area contributed by atoms with Gasteiger partial charge >= 0.3 is 0 Å². The Morgan fingerprint density at radius 2 is 1.61 bits per heavy atom. The normalized spacial score (nSPS) is 11.0. The summed E-state index contributed by atoms with van der Waals surface area (Å²) >= 11 is 0. The monoisotopic (exact) mass is 415 g/mol. The Hall–Kier alpha value is -4.26. The van der Waals surface area contributed by atoms with Crippen molar-refractivity contribution in [3.05, 3.63) is 111 Å². The second-order valence-corrected chi connectivity index (χ2v) is 7.05. The molecule has 0 aromatic heterocycles. The molecular formula is C24H21N3O4. The summed E-state index contributed by atoms with van der Waals surface area (Å²) in [6.45, 7) is 3.80. The molecule has 0 unspecified atom stereocenters. The summed E-state index contributed by atoms with van der Waals surface area (Å²) < 4.78 is 0. The average Bonchev–Trinajstić information content (AvgIpc) is 2.74. The van der Waals surface area contributed by atoms with Gasteiger partial charge in [-0.05, 0) is 55.3 Å². The molecule has 0 spiro atoms. The standard InChI is InChI=1S/C24H21N3O4/c1-16-9-11-19(12-10-16)23(28)26-22(15-18-6-4-8-21(14-18)27(30)31)24(29)25-20-7-3-5-17(2)13-20/h3-15H,1-2H3,(H,25,29)(H,26,28). The highest BCUT2D eigenvalue weighted by atomic mass is 16.6. The summed E-state index contributed by atoms with van der Waals surface area (Å²) in [4.78, 5) is 36.2. The molecule has 7 heteroatoms. The minimum Gasteiger partial charge on any atom is -0.321 e. The van der Waals surface area contributed by atoms with Crippen molar-refractivity contribution in [2.45, 2.75) is 13.8 Å². The highest BCUT2D eigenvalue weighted by molar-refractivity contribution is 6.10. The smallest absolute Gasteiger partial charge is 0.272 e. The average molecular weight is 415 g/mol. The van der Waals surface area contributed by atoms with Crippen LogP contribution in [-0.4, -0.2) is 16.7 Å².